The summed E-state index contributed by atoms with van der Waals surface area (Å²) in [5, 5.41) is 8.75. The van der Waals surface area contributed by atoms with Gasteiger partial charge < -0.3 is 4.57 Å². The number of benzene rings is 1. The molecule has 1 aromatic carbocycles. The molecule has 0 aliphatic heterocycles. The van der Waals surface area contributed by atoms with Gasteiger partial charge >= 0.3 is 0 Å². The van der Waals surface area contributed by atoms with Gasteiger partial charge in [-0.3, -0.25) is 4.79 Å². The molecule has 0 aliphatic rings. The average Bonchev–Trinajstić information content (AvgIpc) is 2.44. The number of halogens is 3. The second-order valence-electron chi connectivity index (χ2n) is 4.06. The molecule has 0 saturated heterocycles. The molecule has 0 N–H and O–H groups in total. The van der Waals surface area contributed by atoms with E-state index in [4.69, 9.17) is 5.26 Å². The summed E-state index contributed by atoms with van der Waals surface area (Å²) in [5.74, 6) is 0. The van der Waals surface area contributed by atoms with Gasteiger partial charge in [-0.15, -0.1) is 0 Å². The third-order valence-electron chi connectivity index (χ3n) is 2.76. The van der Waals surface area contributed by atoms with Gasteiger partial charge in [0.2, 0.25) is 0 Å². The molecule has 0 saturated carbocycles. The summed E-state index contributed by atoms with van der Waals surface area (Å²) in [5.41, 5.74) is 1.08. The minimum Gasteiger partial charge on any atom is -0.302 e. The number of hydrogen-bond donors (Lipinski definition) is 0. The highest BCUT2D eigenvalue weighted by atomic mass is 127. The zero-order chi connectivity index (χ0) is 14.7. The zero-order valence-corrected chi connectivity index (χ0v) is 12.3. The lowest BCUT2D eigenvalue weighted by Crippen LogP contribution is -2.26. The second-order valence-corrected chi connectivity index (χ2v) is 5.22. The first-order chi connectivity index (χ1) is 9.52. The summed E-state index contributed by atoms with van der Waals surface area (Å²) in [4.78, 5) is 12.0. The van der Waals surface area contributed by atoms with Crippen LogP contribution >= 0.6 is 22.6 Å². The Balaban J connectivity index is 2.58. The van der Waals surface area contributed by atoms with Crippen LogP contribution in [0.15, 0.2) is 41.2 Å². The molecule has 0 fully saturated rings. The van der Waals surface area contributed by atoms with Crippen LogP contribution in [0, 0.1) is 14.9 Å². The van der Waals surface area contributed by atoms with Crippen LogP contribution in [-0.4, -0.2) is 11.0 Å². The second kappa shape index (κ2) is 6.13. The molecule has 0 atom stereocenters. The molecular formula is C14H9F2IN2O. The van der Waals surface area contributed by atoms with E-state index >= 15 is 0 Å². The molecule has 0 amide bonds. The van der Waals surface area contributed by atoms with Crippen molar-refractivity contribution in [3.05, 3.63) is 55.9 Å². The summed E-state index contributed by atoms with van der Waals surface area (Å²) in [6.45, 7) is -0.648. The SMILES string of the molecule is N#Cc1ccc(-c2ccc(I)c(=O)n2CC(F)F)cc1. The lowest BCUT2D eigenvalue weighted by molar-refractivity contribution is 0.126. The van der Waals surface area contributed by atoms with Gasteiger partial charge in [0.1, 0.15) is 0 Å². The summed E-state index contributed by atoms with van der Waals surface area (Å²) in [6.07, 6.45) is -2.61. The van der Waals surface area contributed by atoms with E-state index < -0.39 is 18.5 Å². The first-order valence-electron chi connectivity index (χ1n) is 5.71. The fourth-order valence-electron chi connectivity index (χ4n) is 1.84. The molecule has 0 unspecified atom stereocenters. The van der Waals surface area contributed by atoms with Crippen LogP contribution in [0.1, 0.15) is 5.56 Å². The lowest BCUT2D eigenvalue weighted by atomic mass is 10.1. The maximum absolute atomic E-state index is 12.6. The molecule has 0 radical (unpaired) electrons. The highest BCUT2D eigenvalue weighted by Gasteiger charge is 2.13. The molecule has 1 heterocycles. The first kappa shape index (κ1) is 14.7. The van der Waals surface area contributed by atoms with Crippen LogP contribution in [0.5, 0.6) is 0 Å². The van der Waals surface area contributed by atoms with Crippen molar-refractivity contribution in [2.45, 2.75) is 13.0 Å². The Kier molecular flexibility index (Phi) is 4.49. The molecule has 102 valence electrons. The Labute approximate surface area is 127 Å². The van der Waals surface area contributed by atoms with Crippen molar-refractivity contribution in [2.75, 3.05) is 0 Å². The van der Waals surface area contributed by atoms with Crippen molar-refractivity contribution in [3.63, 3.8) is 0 Å². The van der Waals surface area contributed by atoms with Gasteiger partial charge in [0.05, 0.1) is 27.4 Å². The van der Waals surface area contributed by atoms with Crippen molar-refractivity contribution >= 4 is 22.6 Å². The van der Waals surface area contributed by atoms with E-state index in [9.17, 15) is 13.6 Å². The average molecular weight is 386 g/mol. The minimum absolute atomic E-state index is 0.389. The van der Waals surface area contributed by atoms with Crippen molar-refractivity contribution in [1.82, 2.24) is 4.57 Å². The molecule has 0 spiro atoms. The van der Waals surface area contributed by atoms with Gasteiger partial charge in [-0.2, -0.15) is 5.26 Å². The number of alkyl halides is 2. The molecule has 20 heavy (non-hydrogen) atoms. The van der Waals surface area contributed by atoms with Gasteiger partial charge in [-0.25, -0.2) is 8.78 Å². The molecular weight excluding hydrogens is 377 g/mol. The lowest BCUT2D eigenvalue weighted by Gasteiger charge is -2.13. The van der Waals surface area contributed by atoms with Crippen molar-refractivity contribution in [2.24, 2.45) is 0 Å². The number of nitrogens with zero attached hydrogens (tertiary/aromatic N) is 2. The Morgan fingerprint density at radius 1 is 1.20 bits per heavy atom. The van der Waals surface area contributed by atoms with Crippen molar-refractivity contribution < 1.29 is 8.78 Å². The normalized spacial score (nSPS) is 10.6. The van der Waals surface area contributed by atoms with E-state index in [0.29, 0.717) is 20.4 Å². The largest absolute Gasteiger partial charge is 0.302 e. The van der Waals surface area contributed by atoms with E-state index in [-0.39, 0.29) is 0 Å². The standard InChI is InChI=1S/C14H9F2IN2O/c15-13(16)8-19-12(6-5-11(17)14(19)20)10-3-1-9(7-18)2-4-10/h1-6,13H,8H2. The Bertz CT molecular complexity index is 717. The van der Waals surface area contributed by atoms with Gasteiger partial charge in [0.25, 0.3) is 12.0 Å². The Morgan fingerprint density at radius 3 is 2.40 bits per heavy atom. The Hall–Kier alpha value is -1.75. The number of pyridine rings is 1. The highest BCUT2D eigenvalue weighted by molar-refractivity contribution is 14.1. The van der Waals surface area contributed by atoms with E-state index in [1.807, 2.05) is 28.7 Å². The maximum Gasteiger partial charge on any atom is 0.264 e. The molecule has 2 rings (SSSR count). The van der Waals surface area contributed by atoms with Crippen LogP contribution < -0.4 is 5.56 Å². The van der Waals surface area contributed by atoms with Crippen LogP contribution in [0.2, 0.25) is 0 Å². The summed E-state index contributed by atoms with van der Waals surface area (Å²) < 4.78 is 26.7. The third kappa shape index (κ3) is 3.04. The number of rotatable bonds is 3. The number of aromatic nitrogens is 1. The van der Waals surface area contributed by atoms with E-state index in [0.717, 1.165) is 4.57 Å². The van der Waals surface area contributed by atoms with Gasteiger partial charge in [0.15, 0.2) is 0 Å². The molecule has 3 nitrogen and oxygen atoms in total. The fraction of sp³-hybridized carbons (Fsp3) is 0.143. The van der Waals surface area contributed by atoms with Crippen molar-refractivity contribution in [1.29, 1.82) is 5.26 Å². The summed E-state index contributed by atoms with van der Waals surface area (Å²) in [7, 11) is 0. The third-order valence-corrected chi connectivity index (χ3v) is 3.58. The smallest absolute Gasteiger partial charge is 0.264 e. The molecule has 0 bridgehead atoms. The van der Waals surface area contributed by atoms with Crippen LogP contribution in [0.3, 0.4) is 0 Å². The fourth-order valence-corrected chi connectivity index (χ4v) is 2.31. The minimum atomic E-state index is -2.61. The maximum atomic E-state index is 12.6. The summed E-state index contributed by atoms with van der Waals surface area (Å²) in [6, 6.07) is 11.7. The van der Waals surface area contributed by atoms with Crippen LogP contribution in [-0.2, 0) is 6.54 Å². The van der Waals surface area contributed by atoms with E-state index in [1.54, 1.807) is 36.4 Å². The molecule has 0 aliphatic carbocycles. The van der Waals surface area contributed by atoms with E-state index in [2.05, 4.69) is 0 Å². The Morgan fingerprint density at radius 2 is 1.85 bits per heavy atom. The molecule has 2 aromatic rings. The first-order valence-corrected chi connectivity index (χ1v) is 6.79. The highest BCUT2D eigenvalue weighted by Crippen LogP contribution is 2.20. The summed E-state index contributed by atoms with van der Waals surface area (Å²) >= 11 is 1.82. The van der Waals surface area contributed by atoms with Crippen LogP contribution in [0.4, 0.5) is 8.78 Å². The molecule has 1 aromatic heterocycles. The quantitative estimate of drug-likeness (QED) is 0.761. The van der Waals surface area contributed by atoms with Crippen LogP contribution in [0.25, 0.3) is 11.3 Å². The van der Waals surface area contributed by atoms with Gasteiger partial charge in [-0.1, -0.05) is 12.1 Å². The van der Waals surface area contributed by atoms with Crippen molar-refractivity contribution in [3.8, 4) is 17.3 Å². The number of hydrogen-bond acceptors (Lipinski definition) is 2. The number of nitriles is 1. The van der Waals surface area contributed by atoms with Gasteiger partial charge in [-0.05, 0) is 52.4 Å². The topological polar surface area (TPSA) is 45.8 Å². The predicted molar refractivity (Wildman–Crippen MR) is 79.6 cm³/mol. The van der Waals surface area contributed by atoms with E-state index in [1.165, 1.54) is 0 Å². The zero-order valence-electron chi connectivity index (χ0n) is 10.2. The predicted octanol–water partition coefficient (Wildman–Crippen LogP) is 3.26. The molecule has 6 heteroatoms. The van der Waals surface area contributed by atoms with Gasteiger partial charge in [0, 0.05) is 0 Å². The monoisotopic (exact) mass is 386 g/mol.